The van der Waals surface area contributed by atoms with Crippen molar-refractivity contribution >= 4 is 8.07 Å². The van der Waals surface area contributed by atoms with Gasteiger partial charge in [0.15, 0.2) is 0 Å². The number of aliphatic hydroxyl groups excluding tert-OH is 1. The van der Waals surface area contributed by atoms with E-state index in [4.69, 9.17) is 5.73 Å². The molecule has 0 aliphatic carbocycles. The lowest BCUT2D eigenvalue weighted by atomic mass is 10.0. The van der Waals surface area contributed by atoms with Crippen LogP contribution in [0.2, 0.25) is 19.6 Å². The van der Waals surface area contributed by atoms with Crippen LogP contribution in [0.1, 0.15) is 13.8 Å². The summed E-state index contributed by atoms with van der Waals surface area (Å²) in [6.07, 6.45) is -0.674. The highest BCUT2D eigenvalue weighted by Gasteiger charge is 2.16. The molecule has 2 nitrogen and oxygen atoms in total. The summed E-state index contributed by atoms with van der Waals surface area (Å²) in [5.41, 5.74) is 8.87. The van der Waals surface area contributed by atoms with Crippen LogP contribution in [0, 0.1) is 17.4 Å². The molecule has 0 aromatic heterocycles. The summed E-state index contributed by atoms with van der Waals surface area (Å²) < 4.78 is 0. The molecule has 0 aromatic rings. The Bertz CT molecular complexity index is 209. The van der Waals surface area contributed by atoms with Crippen LogP contribution in [0.5, 0.6) is 0 Å². The Morgan fingerprint density at radius 1 is 1.23 bits per heavy atom. The Labute approximate surface area is 82.5 Å². The summed E-state index contributed by atoms with van der Waals surface area (Å²) in [5, 5.41) is 9.58. The van der Waals surface area contributed by atoms with Gasteiger partial charge < -0.3 is 10.8 Å². The zero-order chi connectivity index (χ0) is 10.6. The number of aliphatic hydroxyl groups is 1. The standard InChI is InChI=1S/C10H21NOSi/c1-8(2)10(11)9(12)6-7-13(3,4)5/h8-10,12H,11H2,1-5H3/t9-,10-/m0/s1. The molecule has 0 saturated carbocycles. The van der Waals surface area contributed by atoms with Gasteiger partial charge in [-0.2, -0.15) is 0 Å². The fourth-order valence-corrected chi connectivity index (χ4v) is 1.33. The first-order valence-electron chi connectivity index (χ1n) is 4.70. The van der Waals surface area contributed by atoms with Crippen LogP contribution >= 0.6 is 0 Å². The van der Waals surface area contributed by atoms with E-state index < -0.39 is 14.2 Å². The van der Waals surface area contributed by atoms with Crippen molar-refractivity contribution < 1.29 is 5.11 Å². The van der Waals surface area contributed by atoms with E-state index in [2.05, 4.69) is 31.1 Å². The minimum absolute atomic E-state index is 0.233. The van der Waals surface area contributed by atoms with Gasteiger partial charge in [0.2, 0.25) is 0 Å². The highest BCUT2D eigenvalue weighted by Crippen LogP contribution is 2.03. The first kappa shape index (κ1) is 12.7. The van der Waals surface area contributed by atoms with E-state index in [1.165, 1.54) is 0 Å². The predicted octanol–water partition coefficient (Wildman–Crippen LogP) is 1.21. The molecule has 0 rings (SSSR count). The molecule has 0 amide bonds. The topological polar surface area (TPSA) is 46.2 Å². The summed E-state index contributed by atoms with van der Waals surface area (Å²) in [6, 6.07) is -0.233. The van der Waals surface area contributed by atoms with Gasteiger partial charge in [-0.1, -0.05) is 39.4 Å². The molecule has 0 aliphatic heterocycles. The molecule has 13 heavy (non-hydrogen) atoms. The predicted molar refractivity (Wildman–Crippen MR) is 59.9 cm³/mol. The Kier molecular flexibility index (Phi) is 4.69. The van der Waals surface area contributed by atoms with Crippen molar-refractivity contribution in [1.29, 1.82) is 0 Å². The maximum atomic E-state index is 9.58. The molecule has 3 heteroatoms. The second kappa shape index (κ2) is 4.80. The molecule has 0 fully saturated rings. The molecular formula is C10H21NOSi. The molecule has 3 N–H and O–H groups in total. The van der Waals surface area contributed by atoms with Crippen LogP contribution in [-0.2, 0) is 0 Å². The molecule has 0 aromatic carbocycles. The fraction of sp³-hybridized carbons (Fsp3) is 0.800. The summed E-state index contributed by atoms with van der Waals surface area (Å²) in [7, 11) is -1.38. The SMILES string of the molecule is CC(C)[C@H](N)[C@@H](O)C#C[Si](C)(C)C. The van der Waals surface area contributed by atoms with Gasteiger partial charge in [0.25, 0.3) is 0 Å². The first-order chi connectivity index (χ1) is 5.74. The lowest BCUT2D eigenvalue weighted by molar-refractivity contribution is 0.177. The van der Waals surface area contributed by atoms with Crippen molar-refractivity contribution in [2.45, 2.75) is 45.6 Å². The average molecular weight is 199 g/mol. The van der Waals surface area contributed by atoms with E-state index in [9.17, 15) is 5.11 Å². The van der Waals surface area contributed by atoms with E-state index in [0.717, 1.165) is 0 Å². The van der Waals surface area contributed by atoms with Gasteiger partial charge in [0, 0.05) is 6.04 Å². The third-order valence-corrected chi connectivity index (χ3v) is 2.62. The fourth-order valence-electron chi connectivity index (χ4n) is 0.751. The maximum Gasteiger partial charge on any atom is 0.129 e. The third kappa shape index (κ3) is 5.86. The summed E-state index contributed by atoms with van der Waals surface area (Å²) in [6.45, 7) is 10.4. The summed E-state index contributed by atoms with van der Waals surface area (Å²) in [5.74, 6) is 3.12. The Balaban J connectivity index is 4.27. The van der Waals surface area contributed by atoms with E-state index in [1.54, 1.807) is 0 Å². The Hall–Kier alpha value is -0.303. The Morgan fingerprint density at radius 3 is 2.00 bits per heavy atom. The van der Waals surface area contributed by atoms with Crippen molar-refractivity contribution in [3.8, 4) is 11.5 Å². The minimum atomic E-state index is -1.38. The van der Waals surface area contributed by atoms with Crippen molar-refractivity contribution in [3.05, 3.63) is 0 Å². The van der Waals surface area contributed by atoms with Gasteiger partial charge in [-0.05, 0) is 5.92 Å². The minimum Gasteiger partial charge on any atom is -0.379 e. The third-order valence-electron chi connectivity index (χ3n) is 1.73. The largest absolute Gasteiger partial charge is 0.379 e. The van der Waals surface area contributed by atoms with Crippen LogP contribution in [0.25, 0.3) is 0 Å². The van der Waals surface area contributed by atoms with E-state index in [1.807, 2.05) is 13.8 Å². The van der Waals surface area contributed by atoms with E-state index in [-0.39, 0.29) is 12.0 Å². The van der Waals surface area contributed by atoms with Crippen molar-refractivity contribution in [2.75, 3.05) is 0 Å². The zero-order valence-electron chi connectivity index (χ0n) is 9.26. The molecule has 76 valence electrons. The second-order valence-electron chi connectivity index (χ2n) is 4.79. The monoisotopic (exact) mass is 199 g/mol. The molecule has 0 bridgehead atoms. The maximum absolute atomic E-state index is 9.58. The highest BCUT2D eigenvalue weighted by atomic mass is 28.3. The van der Waals surface area contributed by atoms with Crippen LogP contribution < -0.4 is 5.73 Å². The van der Waals surface area contributed by atoms with Gasteiger partial charge in [0.05, 0.1) is 0 Å². The molecule has 0 heterocycles. The molecule has 0 radical (unpaired) electrons. The lowest BCUT2D eigenvalue weighted by Crippen LogP contribution is -2.38. The molecule has 0 aliphatic rings. The normalized spacial score (nSPS) is 16.3. The number of rotatable bonds is 2. The van der Waals surface area contributed by atoms with Crippen molar-refractivity contribution in [2.24, 2.45) is 11.7 Å². The van der Waals surface area contributed by atoms with E-state index in [0.29, 0.717) is 0 Å². The van der Waals surface area contributed by atoms with E-state index >= 15 is 0 Å². The number of nitrogens with two attached hydrogens (primary N) is 1. The number of hydrogen-bond donors (Lipinski definition) is 2. The van der Waals surface area contributed by atoms with Gasteiger partial charge in [0.1, 0.15) is 14.2 Å². The van der Waals surface area contributed by atoms with Crippen molar-refractivity contribution in [3.63, 3.8) is 0 Å². The molecule has 0 saturated heterocycles. The van der Waals surface area contributed by atoms with Gasteiger partial charge in [-0.3, -0.25) is 0 Å². The Morgan fingerprint density at radius 2 is 1.69 bits per heavy atom. The molecule has 0 spiro atoms. The van der Waals surface area contributed by atoms with Crippen molar-refractivity contribution in [1.82, 2.24) is 0 Å². The molecule has 2 atom stereocenters. The second-order valence-corrected chi connectivity index (χ2v) is 9.54. The smallest absolute Gasteiger partial charge is 0.129 e. The lowest BCUT2D eigenvalue weighted by Gasteiger charge is -2.18. The van der Waals surface area contributed by atoms with Crippen LogP contribution in [0.15, 0.2) is 0 Å². The highest BCUT2D eigenvalue weighted by molar-refractivity contribution is 6.83. The van der Waals surface area contributed by atoms with Crippen LogP contribution in [-0.4, -0.2) is 25.3 Å². The van der Waals surface area contributed by atoms with Gasteiger partial charge in [-0.25, -0.2) is 0 Å². The zero-order valence-corrected chi connectivity index (χ0v) is 10.3. The van der Waals surface area contributed by atoms with Crippen LogP contribution in [0.4, 0.5) is 0 Å². The summed E-state index contributed by atoms with van der Waals surface area (Å²) in [4.78, 5) is 0. The summed E-state index contributed by atoms with van der Waals surface area (Å²) >= 11 is 0. The first-order valence-corrected chi connectivity index (χ1v) is 8.20. The molecule has 0 unspecified atom stereocenters. The van der Waals surface area contributed by atoms with Gasteiger partial charge in [-0.15, -0.1) is 5.54 Å². The average Bonchev–Trinajstić information content (AvgIpc) is 1.97. The molecular weight excluding hydrogens is 178 g/mol. The number of hydrogen-bond acceptors (Lipinski definition) is 2. The quantitative estimate of drug-likeness (QED) is 0.519. The van der Waals surface area contributed by atoms with Crippen LogP contribution in [0.3, 0.4) is 0 Å². The van der Waals surface area contributed by atoms with Gasteiger partial charge >= 0.3 is 0 Å².